The number of anilines is 1. The Morgan fingerprint density at radius 2 is 2.17 bits per heavy atom. The molecule has 3 fully saturated rings. The summed E-state index contributed by atoms with van der Waals surface area (Å²) in [4.78, 5) is 4.16. The van der Waals surface area contributed by atoms with Crippen LogP contribution in [0, 0.1) is 23.7 Å². The van der Waals surface area contributed by atoms with Gasteiger partial charge in [-0.05, 0) is 55.4 Å². The third-order valence-corrected chi connectivity index (χ3v) is 5.81. The van der Waals surface area contributed by atoms with Gasteiger partial charge < -0.3 is 10.8 Å². The van der Waals surface area contributed by atoms with Crippen LogP contribution in [0.1, 0.15) is 37.7 Å². The zero-order valence-corrected chi connectivity index (χ0v) is 10.5. The molecule has 3 aliphatic rings. The van der Waals surface area contributed by atoms with Crippen LogP contribution in [0.15, 0.2) is 18.5 Å². The second kappa shape index (κ2) is 3.47. The molecule has 5 atom stereocenters. The number of fused-ring (bicyclic) bond motifs is 5. The lowest BCUT2D eigenvalue weighted by Crippen LogP contribution is -2.39. The van der Waals surface area contributed by atoms with Crippen LogP contribution in [0.2, 0.25) is 0 Å². The summed E-state index contributed by atoms with van der Waals surface area (Å²) in [6.07, 6.45) is 9.60. The first kappa shape index (κ1) is 10.8. The van der Waals surface area contributed by atoms with Gasteiger partial charge in [-0.1, -0.05) is 6.42 Å². The molecule has 1 aromatic rings. The van der Waals surface area contributed by atoms with Crippen molar-refractivity contribution < 1.29 is 5.11 Å². The average Bonchev–Trinajstić information content (AvgIpc) is 2.99. The van der Waals surface area contributed by atoms with E-state index in [1.54, 1.807) is 12.4 Å². The van der Waals surface area contributed by atoms with Crippen LogP contribution in [-0.4, -0.2) is 10.1 Å². The van der Waals surface area contributed by atoms with Crippen LogP contribution in [0.4, 0.5) is 5.69 Å². The lowest BCUT2D eigenvalue weighted by atomic mass is 9.70. The maximum atomic E-state index is 11.2. The number of nitrogens with two attached hydrogens (primary N) is 1. The van der Waals surface area contributed by atoms with E-state index in [0.717, 1.165) is 23.8 Å². The fraction of sp³-hybridized carbons (Fsp3) is 0.667. The summed E-state index contributed by atoms with van der Waals surface area (Å²) in [5.74, 6) is 2.75. The van der Waals surface area contributed by atoms with Crippen molar-refractivity contribution in [2.45, 2.75) is 37.7 Å². The van der Waals surface area contributed by atoms with Crippen LogP contribution >= 0.6 is 0 Å². The van der Waals surface area contributed by atoms with Crippen LogP contribution in [0.3, 0.4) is 0 Å². The Morgan fingerprint density at radius 1 is 1.33 bits per heavy atom. The number of pyridine rings is 1. The zero-order chi connectivity index (χ0) is 12.3. The van der Waals surface area contributed by atoms with Crippen LogP contribution < -0.4 is 5.73 Å². The Kier molecular flexibility index (Phi) is 2.08. The fourth-order valence-electron chi connectivity index (χ4n) is 5.19. The van der Waals surface area contributed by atoms with E-state index in [1.807, 2.05) is 6.07 Å². The Hall–Kier alpha value is -1.09. The van der Waals surface area contributed by atoms with Gasteiger partial charge in [-0.15, -0.1) is 0 Å². The molecule has 0 amide bonds. The van der Waals surface area contributed by atoms with Gasteiger partial charge in [0.1, 0.15) is 0 Å². The van der Waals surface area contributed by atoms with Gasteiger partial charge in [0, 0.05) is 23.6 Å². The quantitative estimate of drug-likeness (QED) is 0.797. The van der Waals surface area contributed by atoms with Gasteiger partial charge in [0.15, 0.2) is 0 Å². The molecule has 3 heteroatoms. The largest absolute Gasteiger partial charge is 0.398 e. The third kappa shape index (κ3) is 1.21. The molecule has 0 spiro atoms. The Labute approximate surface area is 107 Å². The lowest BCUT2D eigenvalue weighted by Gasteiger charge is -2.39. The fourth-order valence-corrected chi connectivity index (χ4v) is 5.19. The Balaban J connectivity index is 1.76. The van der Waals surface area contributed by atoms with E-state index in [4.69, 9.17) is 5.73 Å². The number of aromatic nitrogens is 1. The molecule has 3 nitrogen and oxygen atoms in total. The Bertz CT molecular complexity index is 489. The van der Waals surface area contributed by atoms with Crippen molar-refractivity contribution >= 4 is 5.69 Å². The van der Waals surface area contributed by atoms with Crippen molar-refractivity contribution in [3.8, 4) is 0 Å². The summed E-state index contributed by atoms with van der Waals surface area (Å²) in [5, 5.41) is 11.2. The zero-order valence-electron chi connectivity index (χ0n) is 10.5. The molecule has 1 aromatic heterocycles. The number of rotatable bonds is 1. The summed E-state index contributed by atoms with van der Waals surface area (Å²) < 4.78 is 0. The minimum absolute atomic E-state index is 0.418. The van der Waals surface area contributed by atoms with Crippen molar-refractivity contribution in [3.63, 3.8) is 0 Å². The normalized spacial score (nSPS) is 45.4. The van der Waals surface area contributed by atoms with Gasteiger partial charge in [0.05, 0.1) is 5.60 Å². The van der Waals surface area contributed by atoms with E-state index in [0.29, 0.717) is 17.5 Å². The van der Waals surface area contributed by atoms with Gasteiger partial charge in [-0.2, -0.15) is 0 Å². The average molecular weight is 244 g/mol. The van der Waals surface area contributed by atoms with Gasteiger partial charge in [-0.25, -0.2) is 0 Å². The summed E-state index contributed by atoms with van der Waals surface area (Å²) >= 11 is 0. The van der Waals surface area contributed by atoms with Crippen molar-refractivity contribution in [2.75, 3.05) is 5.73 Å². The molecule has 3 saturated carbocycles. The highest BCUT2D eigenvalue weighted by molar-refractivity contribution is 5.49. The standard InChI is InChI=1S/C15H20N2O/c16-14-4-5-17-8-13(14)15(18)7-9-6-12(15)11-3-1-2-10(9)11/h4-5,8-12,18H,1-3,6-7H2,(H2,16,17). The molecule has 0 aromatic carbocycles. The van der Waals surface area contributed by atoms with E-state index < -0.39 is 5.60 Å². The van der Waals surface area contributed by atoms with Crippen LogP contribution in [0.5, 0.6) is 0 Å². The van der Waals surface area contributed by atoms with Crippen LogP contribution in [0.25, 0.3) is 0 Å². The predicted octanol–water partition coefficient (Wildman–Crippen LogP) is 2.31. The van der Waals surface area contributed by atoms with E-state index in [2.05, 4.69) is 4.98 Å². The summed E-state index contributed by atoms with van der Waals surface area (Å²) in [5.41, 5.74) is 6.94. The highest BCUT2D eigenvalue weighted by Gasteiger charge is 2.61. The Morgan fingerprint density at radius 3 is 3.00 bits per heavy atom. The molecule has 18 heavy (non-hydrogen) atoms. The molecule has 3 N–H and O–H groups in total. The van der Waals surface area contributed by atoms with E-state index in [9.17, 15) is 5.11 Å². The van der Waals surface area contributed by atoms with Crippen LogP contribution in [-0.2, 0) is 5.60 Å². The van der Waals surface area contributed by atoms with Gasteiger partial charge >= 0.3 is 0 Å². The summed E-state index contributed by atoms with van der Waals surface area (Å²) in [6, 6.07) is 1.81. The number of aliphatic hydroxyl groups is 1. The monoisotopic (exact) mass is 244 g/mol. The number of hydrogen-bond acceptors (Lipinski definition) is 3. The first-order valence-electron chi connectivity index (χ1n) is 7.12. The van der Waals surface area contributed by atoms with Crippen molar-refractivity contribution in [1.29, 1.82) is 0 Å². The molecule has 2 bridgehead atoms. The lowest BCUT2D eigenvalue weighted by molar-refractivity contribution is -0.0508. The molecular formula is C15H20N2O. The highest BCUT2D eigenvalue weighted by atomic mass is 16.3. The summed E-state index contributed by atoms with van der Waals surface area (Å²) in [6.45, 7) is 0. The molecule has 3 aliphatic carbocycles. The molecule has 96 valence electrons. The first-order chi connectivity index (χ1) is 8.70. The van der Waals surface area contributed by atoms with E-state index in [1.165, 1.54) is 25.7 Å². The van der Waals surface area contributed by atoms with Gasteiger partial charge in [0.2, 0.25) is 0 Å². The molecular weight excluding hydrogens is 224 g/mol. The highest BCUT2D eigenvalue weighted by Crippen LogP contribution is 2.65. The SMILES string of the molecule is Nc1ccncc1C1(O)CC2CC1C1CCCC21. The van der Waals surface area contributed by atoms with Gasteiger partial charge in [0.25, 0.3) is 0 Å². The molecule has 4 rings (SSSR count). The number of nitrogens with zero attached hydrogens (tertiary/aromatic N) is 1. The minimum Gasteiger partial charge on any atom is -0.398 e. The van der Waals surface area contributed by atoms with E-state index >= 15 is 0 Å². The maximum Gasteiger partial charge on any atom is 0.0964 e. The second-order valence-electron chi connectivity index (χ2n) is 6.45. The topological polar surface area (TPSA) is 59.1 Å². The first-order valence-corrected chi connectivity index (χ1v) is 7.12. The molecule has 5 unspecified atom stereocenters. The molecule has 0 radical (unpaired) electrons. The van der Waals surface area contributed by atoms with Crippen molar-refractivity contribution in [2.24, 2.45) is 23.7 Å². The molecule has 0 saturated heterocycles. The summed E-state index contributed by atoms with van der Waals surface area (Å²) in [7, 11) is 0. The number of nitrogen functional groups attached to an aromatic ring is 1. The second-order valence-corrected chi connectivity index (χ2v) is 6.45. The minimum atomic E-state index is -0.700. The van der Waals surface area contributed by atoms with Gasteiger partial charge in [-0.3, -0.25) is 4.98 Å². The number of hydrogen-bond donors (Lipinski definition) is 2. The predicted molar refractivity (Wildman–Crippen MR) is 69.6 cm³/mol. The smallest absolute Gasteiger partial charge is 0.0964 e. The molecule has 0 aliphatic heterocycles. The molecule has 1 heterocycles. The van der Waals surface area contributed by atoms with Crippen molar-refractivity contribution in [1.82, 2.24) is 4.98 Å². The third-order valence-electron chi connectivity index (χ3n) is 5.81. The maximum absolute atomic E-state index is 11.2. The van der Waals surface area contributed by atoms with E-state index in [-0.39, 0.29) is 0 Å². The van der Waals surface area contributed by atoms with Crippen molar-refractivity contribution in [3.05, 3.63) is 24.0 Å².